The highest BCUT2D eigenvalue weighted by Crippen LogP contribution is 2.19. The van der Waals surface area contributed by atoms with Crippen LogP contribution in [0.3, 0.4) is 0 Å². The van der Waals surface area contributed by atoms with Gasteiger partial charge in [-0.15, -0.1) is 5.10 Å². The Morgan fingerprint density at radius 2 is 2.17 bits per heavy atom. The molecule has 0 fully saturated rings. The summed E-state index contributed by atoms with van der Waals surface area (Å²) >= 11 is 0. The number of aromatic nitrogens is 3. The minimum absolute atomic E-state index is 0.132. The molecule has 0 atom stereocenters. The van der Waals surface area contributed by atoms with Gasteiger partial charge in [-0.2, -0.15) is 5.10 Å². The van der Waals surface area contributed by atoms with Crippen molar-refractivity contribution in [1.82, 2.24) is 15.2 Å². The zero-order valence-electron chi connectivity index (χ0n) is 9.41. The quantitative estimate of drug-likeness (QED) is 0.759. The van der Waals surface area contributed by atoms with Gasteiger partial charge in [0.2, 0.25) is 5.95 Å². The Morgan fingerprint density at radius 1 is 1.33 bits per heavy atom. The molecule has 0 aliphatic heterocycles. The van der Waals surface area contributed by atoms with E-state index in [9.17, 15) is 4.79 Å². The van der Waals surface area contributed by atoms with E-state index in [1.165, 1.54) is 12.4 Å². The van der Waals surface area contributed by atoms with Gasteiger partial charge in [0.15, 0.2) is 6.61 Å². The number of benzene rings is 1. The molecule has 7 heteroatoms. The molecule has 0 radical (unpaired) electrons. The molecule has 18 heavy (non-hydrogen) atoms. The third kappa shape index (κ3) is 3.14. The summed E-state index contributed by atoms with van der Waals surface area (Å²) < 4.78 is 5.26. The molecule has 1 heterocycles. The van der Waals surface area contributed by atoms with Crippen LogP contribution in [-0.4, -0.2) is 27.7 Å². The summed E-state index contributed by atoms with van der Waals surface area (Å²) in [6.45, 7) is -0.174. The number of rotatable bonds is 4. The molecular formula is C11H11N5O2. The number of nitrogens with two attached hydrogens (primary N) is 1. The van der Waals surface area contributed by atoms with Crippen LogP contribution in [-0.2, 0) is 4.79 Å². The van der Waals surface area contributed by atoms with Gasteiger partial charge in [-0.05, 0) is 12.1 Å². The van der Waals surface area contributed by atoms with Gasteiger partial charge >= 0.3 is 0 Å². The molecule has 1 aromatic carbocycles. The largest absolute Gasteiger partial charge is 0.482 e. The summed E-state index contributed by atoms with van der Waals surface area (Å²) in [6, 6.07) is 6.93. The predicted molar refractivity (Wildman–Crippen MR) is 64.8 cm³/mol. The minimum atomic E-state index is -0.383. The summed E-state index contributed by atoms with van der Waals surface area (Å²) in [5, 5.41) is 9.64. The van der Waals surface area contributed by atoms with Gasteiger partial charge in [-0.3, -0.25) is 10.1 Å². The van der Waals surface area contributed by atoms with Crippen molar-refractivity contribution in [3.8, 4) is 5.75 Å². The monoisotopic (exact) mass is 245 g/mol. The topological polar surface area (TPSA) is 103 Å². The number of hydrogen-bond donors (Lipinski definition) is 2. The number of anilines is 2. The number of nitrogens with one attached hydrogen (secondary N) is 1. The van der Waals surface area contributed by atoms with Crippen molar-refractivity contribution >= 4 is 17.5 Å². The van der Waals surface area contributed by atoms with E-state index in [0.29, 0.717) is 11.4 Å². The smallest absolute Gasteiger partial charge is 0.264 e. The lowest BCUT2D eigenvalue weighted by atomic mass is 10.3. The number of carbonyl (C=O) groups is 1. The Hall–Kier alpha value is -2.70. The SMILES string of the molecule is Nc1ccccc1OCC(=O)Nc1nccnn1. The Morgan fingerprint density at radius 3 is 2.89 bits per heavy atom. The summed E-state index contributed by atoms with van der Waals surface area (Å²) in [7, 11) is 0. The standard InChI is InChI=1S/C11H11N5O2/c12-8-3-1-2-4-9(8)18-7-10(17)15-11-13-5-6-14-16-11/h1-6H,7,12H2,(H,13,15,16,17). The van der Waals surface area contributed by atoms with Crippen molar-refractivity contribution in [2.24, 2.45) is 0 Å². The van der Waals surface area contributed by atoms with Crippen molar-refractivity contribution in [2.45, 2.75) is 0 Å². The van der Waals surface area contributed by atoms with Gasteiger partial charge in [0.25, 0.3) is 5.91 Å². The second-order valence-electron chi connectivity index (χ2n) is 3.34. The Labute approximate surface area is 103 Å². The predicted octanol–water partition coefficient (Wildman–Crippen LogP) is 0.471. The third-order valence-corrected chi connectivity index (χ3v) is 2.01. The van der Waals surface area contributed by atoms with Crippen molar-refractivity contribution in [1.29, 1.82) is 0 Å². The highest BCUT2D eigenvalue weighted by molar-refractivity contribution is 5.90. The van der Waals surface area contributed by atoms with Gasteiger partial charge in [0, 0.05) is 0 Å². The summed E-state index contributed by atoms with van der Waals surface area (Å²) in [6.07, 6.45) is 2.84. The summed E-state index contributed by atoms with van der Waals surface area (Å²) in [5.41, 5.74) is 6.14. The van der Waals surface area contributed by atoms with E-state index in [0.717, 1.165) is 0 Å². The zero-order chi connectivity index (χ0) is 12.8. The average molecular weight is 245 g/mol. The number of amides is 1. The van der Waals surface area contributed by atoms with Crippen LogP contribution < -0.4 is 15.8 Å². The number of hydrogen-bond acceptors (Lipinski definition) is 6. The Kier molecular flexibility index (Phi) is 3.65. The van der Waals surface area contributed by atoms with E-state index in [-0.39, 0.29) is 18.5 Å². The van der Waals surface area contributed by atoms with Gasteiger partial charge in [-0.1, -0.05) is 12.1 Å². The van der Waals surface area contributed by atoms with Crippen molar-refractivity contribution in [3.63, 3.8) is 0 Å². The van der Waals surface area contributed by atoms with E-state index >= 15 is 0 Å². The number of carbonyl (C=O) groups excluding carboxylic acids is 1. The maximum absolute atomic E-state index is 11.5. The number of para-hydroxylation sites is 2. The van der Waals surface area contributed by atoms with Gasteiger partial charge < -0.3 is 10.5 Å². The molecule has 0 spiro atoms. The minimum Gasteiger partial charge on any atom is -0.482 e. The van der Waals surface area contributed by atoms with Crippen LogP contribution in [0.2, 0.25) is 0 Å². The van der Waals surface area contributed by atoms with E-state index in [4.69, 9.17) is 10.5 Å². The van der Waals surface area contributed by atoms with Crippen LogP contribution in [0.5, 0.6) is 5.75 Å². The average Bonchev–Trinajstić information content (AvgIpc) is 2.39. The molecule has 0 saturated heterocycles. The molecule has 0 bridgehead atoms. The first-order valence-corrected chi connectivity index (χ1v) is 5.16. The fourth-order valence-corrected chi connectivity index (χ4v) is 1.22. The first-order valence-electron chi connectivity index (χ1n) is 5.16. The van der Waals surface area contributed by atoms with E-state index in [2.05, 4.69) is 20.5 Å². The van der Waals surface area contributed by atoms with Crippen LogP contribution in [0.4, 0.5) is 11.6 Å². The second-order valence-corrected chi connectivity index (χ2v) is 3.34. The number of nitrogens with zero attached hydrogens (tertiary/aromatic N) is 3. The lowest BCUT2D eigenvalue weighted by Gasteiger charge is -2.07. The number of ether oxygens (including phenoxy) is 1. The molecule has 0 aliphatic rings. The Bertz CT molecular complexity index is 532. The highest BCUT2D eigenvalue weighted by atomic mass is 16.5. The molecule has 3 N–H and O–H groups in total. The van der Waals surface area contributed by atoms with E-state index in [1.54, 1.807) is 24.3 Å². The van der Waals surface area contributed by atoms with Crippen molar-refractivity contribution in [2.75, 3.05) is 17.7 Å². The maximum atomic E-state index is 11.5. The molecule has 7 nitrogen and oxygen atoms in total. The van der Waals surface area contributed by atoms with Gasteiger partial charge in [0.1, 0.15) is 5.75 Å². The maximum Gasteiger partial charge on any atom is 0.264 e. The van der Waals surface area contributed by atoms with Crippen LogP contribution >= 0.6 is 0 Å². The lowest BCUT2D eigenvalue weighted by Crippen LogP contribution is -2.21. The summed E-state index contributed by atoms with van der Waals surface area (Å²) in [5.74, 6) is 0.207. The van der Waals surface area contributed by atoms with E-state index < -0.39 is 0 Å². The normalized spacial score (nSPS) is 9.78. The molecule has 1 amide bonds. The fraction of sp³-hybridized carbons (Fsp3) is 0.0909. The van der Waals surface area contributed by atoms with Crippen molar-refractivity contribution in [3.05, 3.63) is 36.7 Å². The molecule has 0 saturated carbocycles. The molecular weight excluding hydrogens is 234 g/mol. The zero-order valence-corrected chi connectivity index (χ0v) is 9.41. The molecule has 1 aromatic heterocycles. The van der Waals surface area contributed by atoms with E-state index in [1.807, 2.05) is 0 Å². The molecule has 2 aromatic rings. The van der Waals surface area contributed by atoms with Crippen LogP contribution in [0, 0.1) is 0 Å². The fourth-order valence-electron chi connectivity index (χ4n) is 1.22. The molecule has 2 rings (SSSR count). The van der Waals surface area contributed by atoms with Crippen molar-refractivity contribution < 1.29 is 9.53 Å². The van der Waals surface area contributed by atoms with Crippen LogP contribution in [0.25, 0.3) is 0 Å². The number of nitrogen functional groups attached to an aromatic ring is 1. The van der Waals surface area contributed by atoms with Gasteiger partial charge in [0.05, 0.1) is 18.1 Å². The first-order chi connectivity index (χ1) is 8.75. The lowest BCUT2D eigenvalue weighted by molar-refractivity contribution is -0.118. The highest BCUT2D eigenvalue weighted by Gasteiger charge is 2.06. The molecule has 0 unspecified atom stereocenters. The molecule has 0 aliphatic carbocycles. The first kappa shape index (κ1) is 11.8. The molecule has 92 valence electrons. The van der Waals surface area contributed by atoms with Crippen LogP contribution in [0.15, 0.2) is 36.7 Å². The second kappa shape index (κ2) is 5.58. The van der Waals surface area contributed by atoms with Gasteiger partial charge in [-0.25, -0.2) is 4.98 Å². The summed E-state index contributed by atoms with van der Waals surface area (Å²) in [4.78, 5) is 15.3. The third-order valence-electron chi connectivity index (χ3n) is 2.01. The van der Waals surface area contributed by atoms with Crippen LogP contribution in [0.1, 0.15) is 0 Å². The Balaban J connectivity index is 1.88.